The van der Waals surface area contributed by atoms with Gasteiger partial charge < -0.3 is 14.4 Å². The van der Waals surface area contributed by atoms with Gasteiger partial charge in [-0.15, -0.1) is 0 Å². The average molecular weight is 311 g/mol. The SMILES string of the molecule is COC1CCN(C(=O)COc2ccc(C)cc2)c2ccccc21. The number of carbonyl (C=O) groups excluding carboxylic acids is 1. The number of aryl methyl sites for hydroxylation is 1. The number of nitrogens with zero attached hydrogens (tertiary/aromatic N) is 1. The minimum atomic E-state index is -0.0346. The molecule has 4 nitrogen and oxygen atoms in total. The molecule has 23 heavy (non-hydrogen) atoms. The van der Waals surface area contributed by atoms with Crippen molar-refractivity contribution in [2.24, 2.45) is 0 Å². The topological polar surface area (TPSA) is 38.8 Å². The standard InChI is InChI=1S/C19H21NO3/c1-14-7-9-15(10-8-14)23-13-19(21)20-12-11-18(22-2)16-5-3-4-6-17(16)20/h3-10,18H,11-13H2,1-2H3. The molecule has 0 bridgehead atoms. The lowest BCUT2D eigenvalue weighted by Gasteiger charge is -2.33. The molecule has 120 valence electrons. The highest BCUT2D eigenvalue weighted by Gasteiger charge is 2.28. The molecule has 1 aliphatic heterocycles. The Balaban J connectivity index is 1.71. The molecule has 1 amide bonds. The Bertz CT molecular complexity index is 681. The number of carbonyl (C=O) groups is 1. The first-order chi connectivity index (χ1) is 11.2. The van der Waals surface area contributed by atoms with E-state index in [1.54, 1.807) is 12.0 Å². The predicted octanol–water partition coefficient (Wildman–Crippen LogP) is 3.50. The maximum Gasteiger partial charge on any atom is 0.264 e. The highest BCUT2D eigenvalue weighted by Crippen LogP contribution is 2.35. The summed E-state index contributed by atoms with van der Waals surface area (Å²) in [6.45, 7) is 2.70. The lowest BCUT2D eigenvalue weighted by atomic mass is 9.98. The van der Waals surface area contributed by atoms with Crippen LogP contribution in [0.15, 0.2) is 48.5 Å². The highest BCUT2D eigenvalue weighted by atomic mass is 16.5. The maximum atomic E-state index is 12.6. The number of ether oxygens (including phenoxy) is 2. The number of hydrogen-bond donors (Lipinski definition) is 0. The number of benzene rings is 2. The van der Waals surface area contributed by atoms with Gasteiger partial charge in [0.2, 0.25) is 0 Å². The molecule has 0 saturated heterocycles. The number of fused-ring (bicyclic) bond motifs is 1. The van der Waals surface area contributed by atoms with Crippen molar-refractivity contribution >= 4 is 11.6 Å². The van der Waals surface area contributed by atoms with Crippen molar-refractivity contribution in [3.8, 4) is 5.75 Å². The first-order valence-electron chi connectivity index (χ1n) is 7.80. The van der Waals surface area contributed by atoms with Crippen LogP contribution in [0.1, 0.15) is 23.7 Å². The van der Waals surface area contributed by atoms with E-state index < -0.39 is 0 Å². The Morgan fingerprint density at radius 3 is 2.65 bits per heavy atom. The molecule has 2 aromatic rings. The second-order valence-electron chi connectivity index (χ2n) is 5.72. The van der Waals surface area contributed by atoms with Gasteiger partial charge in [0.15, 0.2) is 6.61 Å². The van der Waals surface area contributed by atoms with Crippen molar-refractivity contribution in [2.45, 2.75) is 19.4 Å². The molecule has 0 saturated carbocycles. The molecule has 1 heterocycles. The zero-order chi connectivity index (χ0) is 16.2. The molecule has 0 spiro atoms. The number of methoxy groups -OCH3 is 1. The third-order valence-electron chi connectivity index (χ3n) is 4.16. The van der Waals surface area contributed by atoms with Crippen LogP contribution in [0.25, 0.3) is 0 Å². The summed E-state index contributed by atoms with van der Waals surface area (Å²) in [5, 5.41) is 0. The van der Waals surface area contributed by atoms with Crippen molar-refractivity contribution in [1.82, 2.24) is 0 Å². The molecule has 3 rings (SSSR count). The first-order valence-corrected chi connectivity index (χ1v) is 7.80. The summed E-state index contributed by atoms with van der Waals surface area (Å²) in [6, 6.07) is 15.6. The predicted molar refractivity (Wildman–Crippen MR) is 89.8 cm³/mol. The van der Waals surface area contributed by atoms with Crippen LogP contribution >= 0.6 is 0 Å². The normalized spacial score (nSPS) is 16.8. The largest absolute Gasteiger partial charge is 0.484 e. The van der Waals surface area contributed by atoms with Gasteiger partial charge in [0, 0.05) is 24.9 Å². The zero-order valence-electron chi connectivity index (χ0n) is 13.5. The van der Waals surface area contributed by atoms with E-state index in [0.29, 0.717) is 12.3 Å². The third kappa shape index (κ3) is 3.37. The summed E-state index contributed by atoms with van der Waals surface area (Å²) in [6.07, 6.45) is 0.845. The van der Waals surface area contributed by atoms with Gasteiger partial charge in [-0.3, -0.25) is 4.79 Å². The first kappa shape index (κ1) is 15.6. The molecule has 1 aliphatic rings. The van der Waals surface area contributed by atoms with Crippen LogP contribution in [0.4, 0.5) is 5.69 Å². The smallest absolute Gasteiger partial charge is 0.264 e. The highest BCUT2D eigenvalue weighted by molar-refractivity contribution is 5.95. The van der Waals surface area contributed by atoms with Crippen molar-refractivity contribution in [2.75, 3.05) is 25.2 Å². The monoisotopic (exact) mass is 311 g/mol. The van der Waals surface area contributed by atoms with E-state index in [1.165, 1.54) is 5.56 Å². The van der Waals surface area contributed by atoms with Crippen LogP contribution in [-0.2, 0) is 9.53 Å². The van der Waals surface area contributed by atoms with E-state index in [4.69, 9.17) is 9.47 Å². The average Bonchev–Trinajstić information content (AvgIpc) is 2.60. The maximum absolute atomic E-state index is 12.6. The second kappa shape index (κ2) is 6.84. The molecule has 1 unspecified atom stereocenters. The molecule has 4 heteroatoms. The van der Waals surface area contributed by atoms with Gasteiger partial charge in [-0.25, -0.2) is 0 Å². The van der Waals surface area contributed by atoms with Crippen molar-refractivity contribution in [3.63, 3.8) is 0 Å². The van der Waals surface area contributed by atoms with E-state index in [9.17, 15) is 4.79 Å². The fourth-order valence-electron chi connectivity index (χ4n) is 2.89. The number of rotatable bonds is 4. The molecule has 0 fully saturated rings. The summed E-state index contributed by atoms with van der Waals surface area (Å²) < 4.78 is 11.1. The third-order valence-corrected chi connectivity index (χ3v) is 4.16. The van der Waals surface area contributed by atoms with Crippen molar-refractivity contribution < 1.29 is 14.3 Å². The number of amides is 1. The van der Waals surface area contributed by atoms with Crippen LogP contribution in [0.3, 0.4) is 0 Å². The van der Waals surface area contributed by atoms with E-state index in [2.05, 4.69) is 0 Å². The molecular formula is C19H21NO3. The molecule has 0 aromatic heterocycles. The van der Waals surface area contributed by atoms with Gasteiger partial charge in [0.1, 0.15) is 5.75 Å². The van der Waals surface area contributed by atoms with E-state index in [1.807, 2.05) is 55.5 Å². The summed E-state index contributed by atoms with van der Waals surface area (Å²) >= 11 is 0. The number of hydrogen-bond acceptors (Lipinski definition) is 3. The van der Waals surface area contributed by atoms with Crippen LogP contribution in [0, 0.1) is 6.92 Å². The summed E-state index contributed by atoms with van der Waals surface area (Å²) in [7, 11) is 1.71. The van der Waals surface area contributed by atoms with Crippen molar-refractivity contribution in [1.29, 1.82) is 0 Å². The van der Waals surface area contributed by atoms with Crippen LogP contribution in [0.2, 0.25) is 0 Å². The summed E-state index contributed by atoms with van der Waals surface area (Å²) in [5.74, 6) is 0.677. The van der Waals surface area contributed by atoms with Gasteiger partial charge in [-0.05, 0) is 31.5 Å². The van der Waals surface area contributed by atoms with Gasteiger partial charge in [-0.1, -0.05) is 35.9 Å². The Kier molecular flexibility index (Phi) is 4.63. The van der Waals surface area contributed by atoms with Crippen molar-refractivity contribution in [3.05, 3.63) is 59.7 Å². The Morgan fingerprint density at radius 2 is 1.91 bits per heavy atom. The molecule has 2 aromatic carbocycles. The van der Waals surface area contributed by atoms with Crippen LogP contribution < -0.4 is 9.64 Å². The Hall–Kier alpha value is -2.33. The fourth-order valence-corrected chi connectivity index (χ4v) is 2.89. The lowest BCUT2D eigenvalue weighted by Crippen LogP contribution is -2.39. The lowest BCUT2D eigenvalue weighted by molar-refractivity contribution is -0.120. The Morgan fingerprint density at radius 1 is 1.17 bits per heavy atom. The van der Waals surface area contributed by atoms with Gasteiger partial charge in [0.05, 0.1) is 6.10 Å². The molecule has 0 aliphatic carbocycles. The van der Waals surface area contributed by atoms with Gasteiger partial charge in [-0.2, -0.15) is 0 Å². The fraction of sp³-hybridized carbons (Fsp3) is 0.316. The van der Waals surface area contributed by atoms with Gasteiger partial charge in [0.25, 0.3) is 5.91 Å². The van der Waals surface area contributed by atoms with E-state index in [-0.39, 0.29) is 18.6 Å². The zero-order valence-corrected chi connectivity index (χ0v) is 13.5. The minimum absolute atomic E-state index is 0.0346. The number of para-hydroxylation sites is 1. The van der Waals surface area contributed by atoms with Gasteiger partial charge >= 0.3 is 0 Å². The van der Waals surface area contributed by atoms with Crippen LogP contribution in [0.5, 0.6) is 5.75 Å². The van der Waals surface area contributed by atoms with E-state index >= 15 is 0 Å². The molecule has 1 atom stereocenters. The second-order valence-corrected chi connectivity index (χ2v) is 5.72. The summed E-state index contributed by atoms with van der Waals surface area (Å²) in [4.78, 5) is 14.3. The van der Waals surface area contributed by atoms with Crippen LogP contribution in [-0.4, -0.2) is 26.2 Å². The molecule has 0 N–H and O–H groups in total. The number of anilines is 1. The van der Waals surface area contributed by atoms with E-state index in [0.717, 1.165) is 17.7 Å². The minimum Gasteiger partial charge on any atom is -0.484 e. The molecular weight excluding hydrogens is 290 g/mol. The quantitative estimate of drug-likeness (QED) is 0.867. The Labute approximate surface area is 136 Å². The molecule has 0 radical (unpaired) electrons. The summed E-state index contributed by atoms with van der Waals surface area (Å²) in [5.41, 5.74) is 3.15.